The molecule has 1 fully saturated rings. The Morgan fingerprint density at radius 3 is 1.66 bits per heavy atom. The molecule has 3 heterocycles. The zero-order valence-electron chi connectivity index (χ0n) is 61.4. The number of carbonyl (C=O) groups is 4. The third-order valence-corrected chi connectivity index (χ3v) is 16.7. The van der Waals surface area contributed by atoms with Crippen LogP contribution in [-0.2, 0) is 102 Å². The number of nitrogen functional groups attached to an aromatic ring is 1. The molecule has 0 bridgehead atoms. The van der Waals surface area contributed by atoms with Gasteiger partial charge in [0.25, 0.3) is 0 Å². The van der Waals surface area contributed by atoms with Crippen LogP contribution in [0.25, 0.3) is 21.9 Å². The molecule has 32 nitrogen and oxygen atoms in total. The van der Waals surface area contributed by atoms with Crippen LogP contribution in [0.5, 0.6) is 5.75 Å². The number of unbranched alkanes of at least 4 members (excludes halogenated alkanes) is 2. The van der Waals surface area contributed by atoms with Gasteiger partial charge in [0.1, 0.15) is 54.6 Å². The standard InChI is InChI=1S/C73H113N9O23/c1-5-6-10-62-80-65-66(56-17-16-55(72(90)91)47-58(56)79-70(65)75)81(62)48-52-11-13-53(14-12-52)49-82(2,3)50-54-15-18-60(104-73-69(88)68(87)67(86)61(51-83)105-73)59(46-54)78-64(85)19-22-77-71(89)57(74)9-7-8-21-76-63(84)20-23-93-26-27-95-30-31-97-34-35-99-38-39-101-42-43-103-45-44-102-41-40-100-37-36-98-33-32-96-29-28-94-25-24-92-4/h11-18,46-47,57,61,67-69,73,83,86-88H,5-10,19-45,48-51,74H2,1-4H3,(H5-,75,76,77,78,79,84,85,89,90,91)/p+1/t57-,61+,67+,68-,69-,73-/m0/s1. The number of hydrogen-bond donors (Lipinski definition) is 10. The fraction of sp³-hybridized carbons (Fsp3) is 0.644. The van der Waals surface area contributed by atoms with E-state index in [0.717, 1.165) is 46.3 Å². The smallest absolute Gasteiger partial charge is 0.335 e. The Morgan fingerprint density at radius 2 is 1.12 bits per heavy atom. The Kier molecular flexibility index (Phi) is 41.5. The summed E-state index contributed by atoms with van der Waals surface area (Å²) in [7, 11) is 5.76. The van der Waals surface area contributed by atoms with Gasteiger partial charge >= 0.3 is 5.97 Å². The van der Waals surface area contributed by atoms with E-state index in [1.165, 1.54) is 6.07 Å². The number of imidazole rings is 1. The normalized spacial score (nSPS) is 16.4. The summed E-state index contributed by atoms with van der Waals surface area (Å²) in [5.41, 5.74) is 17.7. The molecule has 105 heavy (non-hydrogen) atoms. The number of amides is 3. The number of aromatic carboxylic acids is 1. The highest BCUT2D eigenvalue weighted by molar-refractivity contribution is 6.08. The molecule has 6 rings (SSSR count). The number of nitrogens with zero attached hydrogens (tertiary/aromatic N) is 4. The van der Waals surface area contributed by atoms with Crippen molar-refractivity contribution in [2.45, 2.75) is 115 Å². The molecular formula is C73H114N9O23+. The first-order chi connectivity index (χ1) is 50.9. The van der Waals surface area contributed by atoms with Gasteiger partial charge in [0, 0.05) is 62.5 Å². The number of methoxy groups -OCH3 is 1. The largest absolute Gasteiger partial charge is 0.478 e. The van der Waals surface area contributed by atoms with Gasteiger partial charge in [-0.1, -0.05) is 37.6 Å². The van der Waals surface area contributed by atoms with Crippen molar-refractivity contribution < 1.29 is 116 Å². The van der Waals surface area contributed by atoms with Crippen LogP contribution in [0.15, 0.2) is 60.7 Å². The Hall–Kier alpha value is -6.74. The molecule has 1 aliphatic heterocycles. The molecule has 0 radical (unpaired) electrons. The monoisotopic (exact) mass is 1480 g/mol. The van der Waals surface area contributed by atoms with Crippen molar-refractivity contribution in [3.05, 3.63) is 88.7 Å². The van der Waals surface area contributed by atoms with Crippen LogP contribution in [0, 0.1) is 0 Å². The maximum atomic E-state index is 13.6. The van der Waals surface area contributed by atoms with Crippen LogP contribution in [0.2, 0.25) is 0 Å². The van der Waals surface area contributed by atoms with Crippen LogP contribution in [0.1, 0.15) is 84.7 Å². The number of rotatable bonds is 59. The van der Waals surface area contributed by atoms with Crippen molar-refractivity contribution >= 4 is 57.1 Å². The van der Waals surface area contributed by atoms with Crippen LogP contribution in [-0.4, -0.2) is 298 Å². The number of ether oxygens (including phenoxy) is 14. The van der Waals surface area contributed by atoms with Crippen molar-refractivity contribution in [2.24, 2.45) is 5.73 Å². The molecule has 32 heteroatoms. The molecule has 5 aromatic rings. The first-order valence-corrected chi connectivity index (χ1v) is 36.2. The predicted molar refractivity (Wildman–Crippen MR) is 388 cm³/mol. The molecule has 1 saturated heterocycles. The van der Waals surface area contributed by atoms with E-state index < -0.39 is 61.1 Å². The second-order valence-electron chi connectivity index (χ2n) is 25.7. The number of hydrogen-bond acceptors (Lipinski definition) is 26. The second-order valence-corrected chi connectivity index (χ2v) is 25.7. The number of carboxylic acids is 1. The lowest BCUT2D eigenvalue weighted by Crippen LogP contribution is -2.60. The van der Waals surface area contributed by atoms with Crippen molar-refractivity contribution in [1.82, 2.24) is 25.2 Å². The molecule has 6 atom stereocenters. The predicted octanol–water partition coefficient (Wildman–Crippen LogP) is 2.49. The van der Waals surface area contributed by atoms with Gasteiger partial charge in [-0.05, 0) is 67.6 Å². The molecule has 0 spiro atoms. The number of quaternary nitrogens is 1. The van der Waals surface area contributed by atoms with E-state index in [-0.39, 0.29) is 54.7 Å². The Balaban J connectivity index is 0.796. The van der Waals surface area contributed by atoms with Crippen molar-refractivity contribution in [3.63, 3.8) is 0 Å². The zero-order valence-corrected chi connectivity index (χ0v) is 61.4. The number of pyridine rings is 1. The molecule has 2 aromatic heterocycles. The maximum absolute atomic E-state index is 13.6. The summed E-state index contributed by atoms with van der Waals surface area (Å²) >= 11 is 0. The quantitative estimate of drug-likeness (QED) is 0.0197. The minimum Gasteiger partial charge on any atom is -0.478 e. The van der Waals surface area contributed by atoms with E-state index in [4.69, 9.17) is 82.8 Å². The number of aliphatic hydroxyl groups is 4. The van der Waals surface area contributed by atoms with Crippen molar-refractivity contribution in [1.29, 1.82) is 0 Å². The zero-order chi connectivity index (χ0) is 75.4. The first kappa shape index (κ1) is 87.2. The van der Waals surface area contributed by atoms with E-state index in [0.29, 0.717) is 213 Å². The third kappa shape index (κ3) is 32.7. The van der Waals surface area contributed by atoms with Gasteiger partial charge in [-0.2, -0.15) is 0 Å². The number of nitrogens with one attached hydrogen (secondary N) is 3. The van der Waals surface area contributed by atoms with E-state index in [9.17, 15) is 44.7 Å². The highest BCUT2D eigenvalue weighted by Crippen LogP contribution is 2.34. The Labute approximate surface area is 614 Å². The van der Waals surface area contributed by atoms with Gasteiger partial charge in [0.2, 0.25) is 24.0 Å². The molecule has 3 amide bonds. The maximum Gasteiger partial charge on any atom is 0.335 e. The Bertz CT molecular complexity index is 3290. The molecule has 588 valence electrons. The summed E-state index contributed by atoms with van der Waals surface area (Å²) < 4.78 is 79.6. The minimum absolute atomic E-state index is 0.0468. The van der Waals surface area contributed by atoms with E-state index >= 15 is 0 Å². The fourth-order valence-corrected chi connectivity index (χ4v) is 11.1. The number of aromatic nitrogens is 3. The van der Waals surface area contributed by atoms with Crippen molar-refractivity contribution in [2.75, 3.05) is 204 Å². The number of aryl methyl sites for hydroxylation is 1. The summed E-state index contributed by atoms with van der Waals surface area (Å²) in [6, 6.07) is 17.4. The van der Waals surface area contributed by atoms with E-state index in [1.54, 1.807) is 37.4 Å². The second kappa shape index (κ2) is 50.0. The van der Waals surface area contributed by atoms with Gasteiger partial charge in [0.05, 0.1) is 201 Å². The van der Waals surface area contributed by atoms with Crippen LogP contribution in [0.4, 0.5) is 11.5 Å². The summed E-state index contributed by atoms with van der Waals surface area (Å²) in [5, 5.41) is 60.5. The summed E-state index contributed by atoms with van der Waals surface area (Å²) in [6.07, 6.45) is -3.72. The van der Waals surface area contributed by atoms with Gasteiger partial charge in [0.15, 0.2) is 5.82 Å². The lowest BCUT2D eigenvalue weighted by atomic mass is 9.99. The first-order valence-electron chi connectivity index (χ1n) is 36.2. The van der Waals surface area contributed by atoms with Crippen LogP contribution in [0.3, 0.4) is 0 Å². The van der Waals surface area contributed by atoms with E-state index in [1.807, 2.05) is 0 Å². The van der Waals surface area contributed by atoms with E-state index in [2.05, 4.69) is 70.8 Å². The summed E-state index contributed by atoms with van der Waals surface area (Å²) in [4.78, 5) is 60.3. The molecular weight excluding hydrogens is 1370 g/mol. The number of benzene rings is 3. The number of carbonyl (C=O) groups excluding carboxylic acids is 3. The minimum atomic E-state index is -1.72. The van der Waals surface area contributed by atoms with Gasteiger partial charge < -0.3 is 128 Å². The highest BCUT2D eigenvalue weighted by atomic mass is 16.7. The lowest BCUT2D eigenvalue weighted by molar-refractivity contribution is -0.916. The molecule has 12 N–H and O–H groups in total. The number of aliphatic hydroxyl groups excluding tert-OH is 4. The average Bonchev–Trinajstić information content (AvgIpc) is 1.72. The number of anilines is 2. The fourth-order valence-electron chi connectivity index (χ4n) is 11.1. The van der Waals surface area contributed by atoms with Crippen molar-refractivity contribution in [3.8, 4) is 5.75 Å². The summed E-state index contributed by atoms with van der Waals surface area (Å²) in [6.45, 7) is 13.7. The molecule has 0 aliphatic carbocycles. The van der Waals surface area contributed by atoms with Gasteiger partial charge in [-0.15, -0.1) is 0 Å². The van der Waals surface area contributed by atoms with Crippen LogP contribution >= 0.6 is 0 Å². The summed E-state index contributed by atoms with van der Waals surface area (Å²) in [5.74, 6) is -1.01. The number of carboxylic acid groups (broad SMARTS) is 1. The van der Waals surface area contributed by atoms with Crippen LogP contribution < -0.4 is 32.2 Å². The number of fused-ring (bicyclic) bond motifs is 3. The molecule has 0 unspecified atom stereocenters. The van der Waals surface area contributed by atoms with Gasteiger partial charge in [-0.3, -0.25) is 14.4 Å². The average molecular weight is 1490 g/mol. The molecule has 0 saturated carbocycles. The molecule has 1 aliphatic rings. The molecule has 3 aromatic carbocycles. The lowest BCUT2D eigenvalue weighted by Gasteiger charge is -2.39. The number of nitrogens with two attached hydrogens (primary N) is 2. The topological polar surface area (TPSA) is 417 Å². The Morgan fingerprint density at radius 1 is 0.600 bits per heavy atom. The third-order valence-electron chi connectivity index (χ3n) is 16.7. The SMILES string of the molecule is CCCCc1nc2c(N)nc3cc(C(=O)O)ccc3c2n1Cc1ccc(C[N+](C)(C)Cc2ccc(O[C@H]3O[C@H](CO)[C@@H](O)[C@H](O)[C@@H]3O)c(NC(=O)CCNC(=O)[C@@H](N)CCCCNC(=O)CCOCCOCCOCCOCCOCCOCCOCCOCCOCCOCCOCCOC)c2)cc1. The highest BCUT2D eigenvalue weighted by Gasteiger charge is 2.45. The van der Waals surface area contributed by atoms with Gasteiger partial charge in [-0.25, -0.2) is 14.8 Å².